The molecule has 3 nitrogen and oxygen atoms in total. The molecule has 0 N–H and O–H groups in total. The van der Waals surface area contributed by atoms with E-state index in [0.29, 0.717) is 13.0 Å². The number of para-hydroxylation sites is 1. The van der Waals surface area contributed by atoms with Crippen molar-refractivity contribution < 1.29 is 9.53 Å². The Morgan fingerprint density at radius 2 is 2.05 bits per heavy atom. The van der Waals surface area contributed by atoms with Crippen molar-refractivity contribution in [1.82, 2.24) is 4.90 Å². The first kappa shape index (κ1) is 14.9. The Kier molecular flexibility index (Phi) is 5.04. The van der Waals surface area contributed by atoms with Gasteiger partial charge in [-0.1, -0.05) is 29.8 Å². The fourth-order valence-corrected chi connectivity index (χ4v) is 3.05. The second kappa shape index (κ2) is 6.77. The van der Waals surface area contributed by atoms with E-state index in [4.69, 9.17) is 16.3 Å². The number of likely N-dealkylation sites (N-methyl/N-ethyl adjacent to an activating group) is 1. The van der Waals surface area contributed by atoms with Crippen molar-refractivity contribution in [2.75, 3.05) is 14.2 Å². The van der Waals surface area contributed by atoms with Crippen molar-refractivity contribution in [1.29, 1.82) is 0 Å². The lowest BCUT2D eigenvalue weighted by Crippen LogP contribution is -2.27. The fraction of sp³-hybridized carbons (Fsp3) is 0.267. The van der Waals surface area contributed by atoms with Gasteiger partial charge in [-0.2, -0.15) is 0 Å². The van der Waals surface area contributed by atoms with Crippen molar-refractivity contribution >= 4 is 28.8 Å². The monoisotopic (exact) mass is 309 g/mol. The molecule has 0 aliphatic heterocycles. The van der Waals surface area contributed by atoms with E-state index in [0.717, 1.165) is 20.5 Å². The number of hydrogen-bond donors (Lipinski definition) is 0. The largest absolute Gasteiger partial charge is 0.496 e. The molecule has 0 aliphatic rings. The summed E-state index contributed by atoms with van der Waals surface area (Å²) < 4.78 is 6.00. The molecule has 0 spiro atoms. The van der Waals surface area contributed by atoms with Crippen molar-refractivity contribution in [3.8, 4) is 5.75 Å². The van der Waals surface area contributed by atoms with Crippen LogP contribution in [0.15, 0.2) is 36.4 Å². The van der Waals surface area contributed by atoms with Gasteiger partial charge in [0.2, 0.25) is 5.91 Å². The van der Waals surface area contributed by atoms with E-state index in [1.807, 2.05) is 36.4 Å². The van der Waals surface area contributed by atoms with Crippen LogP contribution in [-0.4, -0.2) is 25.0 Å². The highest BCUT2D eigenvalue weighted by Crippen LogP contribution is 2.23. The molecule has 0 atom stereocenters. The summed E-state index contributed by atoms with van der Waals surface area (Å²) in [5.41, 5.74) is 0.899. The van der Waals surface area contributed by atoms with Gasteiger partial charge in [0.1, 0.15) is 5.75 Å². The average molecular weight is 310 g/mol. The Morgan fingerprint density at radius 3 is 2.70 bits per heavy atom. The Labute approximate surface area is 127 Å². The first-order valence-corrected chi connectivity index (χ1v) is 7.39. The minimum absolute atomic E-state index is 0.0547. The van der Waals surface area contributed by atoms with Crippen molar-refractivity contribution in [2.24, 2.45) is 0 Å². The van der Waals surface area contributed by atoms with Gasteiger partial charge >= 0.3 is 0 Å². The minimum Gasteiger partial charge on any atom is -0.496 e. The lowest BCUT2D eigenvalue weighted by atomic mass is 10.1. The minimum atomic E-state index is 0.0547. The van der Waals surface area contributed by atoms with Crippen LogP contribution in [0, 0.1) is 0 Å². The van der Waals surface area contributed by atoms with Crippen LogP contribution in [0.5, 0.6) is 5.75 Å². The molecule has 0 unspecified atom stereocenters. The number of rotatable bonds is 5. The Hall–Kier alpha value is -1.52. The van der Waals surface area contributed by atoms with Gasteiger partial charge < -0.3 is 9.64 Å². The number of nitrogens with zero attached hydrogens (tertiary/aromatic N) is 1. The lowest BCUT2D eigenvalue weighted by Gasteiger charge is -2.17. The average Bonchev–Trinajstić information content (AvgIpc) is 2.84. The molecule has 0 radical (unpaired) electrons. The van der Waals surface area contributed by atoms with Gasteiger partial charge in [0.15, 0.2) is 0 Å². The molecule has 0 aliphatic carbocycles. The summed E-state index contributed by atoms with van der Waals surface area (Å²) in [6, 6.07) is 11.4. The number of methoxy groups -OCH3 is 1. The van der Waals surface area contributed by atoms with E-state index >= 15 is 0 Å². The van der Waals surface area contributed by atoms with E-state index in [1.165, 1.54) is 11.3 Å². The molecule has 106 valence electrons. The molecule has 2 aromatic rings. The van der Waals surface area contributed by atoms with Crippen LogP contribution in [-0.2, 0) is 17.8 Å². The van der Waals surface area contributed by atoms with Crippen molar-refractivity contribution in [3.63, 3.8) is 0 Å². The first-order valence-electron chi connectivity index (χ1n) is 6.20. The molecule has 1 heterocycles. The quantitative estimate of drug-likeness (QED) is 0.844. The second-order valence-electron chi connectivity index (χ2n) is 4.44. The number of hydrogen-bond acceptors (Lipinski definition) is 3. The van der Waals surface area contributed by atoms with Gasteiger partial charge in [-0.15, -0.1) is 11.3 Å². The molecule has 0 saturated carbocycles. The van der Waals surface area contributed by atoms with Gasteiger partial charge in [-0.05, 0) is 18.2 Å². The zero-order valence-electron chi connectivity index (χ0n) is 11.4. The van der Waals surface area contributed by atoms with Crippen LogP contribution < -0.4 is 4.74 Å². The van der Waals surface area contributed by atoms with Gasteiger partial charge in [-0.3, -0.25) is 4.79 Å². The second-order valence-corrected chi connectivity index (χ2v) is 6.24. The number of ether oxygens (including phenoxy) is 1. The fourth-order valence-electron chi connectivity index (χ4n) is 1.91. The molecule has 20 heavy (non-hydrogen) atoms. The SMILES string of the molecule is COc1ccccc1CC(=O)N(C)Cc1ccc(Cl)s1. The van der Waals surface area contributed by atoms with E-state index in [-0.39, 0.29) is 5.91 Å². The summed E-state index contributed by atoms with van der Waals surface area (Å²) in [4.78, 5) is 15.0. The number of halogens is 1. The predicted octanol–water partition coefficient (Wildman–Crippen LogP) is 3.61. The number of carbonyl (C=O) groups is 1. The maximum atomic E-state index is 12.2. The highest BCUT2D eigenvalue weighted by atomic mass is 35.5. The molecule has 1 aromatic carbocycles. The third kappa shape index (κ3) is 3.74. The van der Waals surface area contributed by atoms with Crippen LogP contribution >= 0.6 is 22.9 Å². The molecule has 1 aromatic heterocycles. The zero-order chi connectivity index (χ0) is 14.5. The molecule has 0 saturated heterocycles. The van der Waals surface area contributed by atoms with Crippen molar-refractivity contribution in [2.45, 2.75) is 13.0 Å². The van der Waals surface area contributed by atoms with Crippen LogP contribution in [0.4, 0.5) is 0 Å². The third-order valence-corrected chi connectivity index (χ3v) is 4.20. The maximum Gasteiger partial charge on any atom is 0.227 e. The smallest absolute Gasteiger partial charge is 0.227 e. The summed E-state index contributed by atoms with van der Waals surface area (Å²) in [7, 11) is 3.41. The molecule has 0 fully saturated rings. The molecule has 2 rings (SSSR count). The number of benzene rings is 1. The standard InChI is InChI=1S/C15H16ClNO2S/c1-17(10-12-7-8-14(16)20-12)15(18)9-11-5-3-4-6-13(11)19-2/h3-8H,9-10H2,1-2H3. The Bertz CT molecular complexity index is 597. The number of thiophene rings is 1. The summed E-state index contributed by atoms with van der Waals surface area (Å²) >= 11 is 7.39. The summed E-state index contributed by atoms with van der Waals surface area (Å²) in [5.74, 6) is 0.799. The lowest BCUT2D eigenvalue weighted by molar-refractivity contribution is -0.129. The van der Waals surface area contributed by atoms with Crippen LogP contribution in [0.2, 0.25) is 4.34 Å². The molecular formula is C15H16ClNO2S. The topological polar surface area (TPSA) is 29.5 Å². The van der Waals surface area contributed by atoms with Gasteiger partial charge in [0.25, 0.3) is 0 Å². The predicted molar refractivity (Wildman–Crippen MR) is 82.5 cm³/mol. The van der Waals surface area contributed by atoms with E-state index < -0.39 is 0 Å². The van der Waals surface area contributed by atoms with Crippen LogP contribution in [0.3, 0.4) is 0 Å². The highest BCUT2D eigenvalue weighted by Gasteiger charge is 2.13. The summed E-state index contributed by atoms with van der Waals surface area (Å²) in [6.07, 6.45) is 0.333. The van der Waals surface area contributed by atoms with Crippen LogP contribution in [0.1, 0.15) is 10.4 Å². The van der Waals surface area contributed by atoms with Crippen LogP contribution in [0.25, 0.3) is 0 Å². The first-order chi connectivity index (χ1) is 9.60. The van der Waals surface area contributed by atoms with Crippen molar-refractivity contribution in [3.05, 3.63) is 51.2 Å². The van der Waals surface area contributed by atoms with Gasteiger partial charge in [0, 0.05) is 17.5 Å². The number of amides is 1. The zero-order valence-corrected chi connectivity index (χ0v) is 13.0. The highest BCUT2D eigenvalue weighted by molar-refractivity contribution is 7.16. The Balaban J connectivity index is 2.00. The van der Waals surface area contributed by atoms with E-state index in [2.05, 4.69) is 0 Å². The summed E-state index contributed by atoms with van der Waals surface area (Å²) in [5, 5.41) is 0. The van der Waals surface area contributed by atoms with E-state index in [9.17, 15) is 4.79 Å². The maximum absolute atomic E-state index is 12.2. The van der Waals surface area contributed by atoms with Gasteiger partial charge in [0.05, 0.1) is 24.4 Å². The molecule has 5 heteroatoms. The molecular weight excluding hydrogens is 294 g/mol. The summed E-state index contributed by atoms with van der Waals surface area (Å²) in [6.45, 7) is 0.575. The van der Waals surface area contributed by atoms with Gasteiger partial charge in [-0.25, -0.2) is 0 Å². The third-order valence-electron chi connectivity index (χ3n) is 2.98. The molecule has 0 bridgehead atoms. The normalized spacial score (nSPS) is 10.3. The van der Waals surface area contributed by atoms with E-state index in [1.54, 1.807) is 19.1 Å². The molecule has 1 amide bonds. The Morgan fingerprint density at radius 1 is 1.30 bits per heavy atom. The number of carbonyl (C=O) groups excluding carboxylic acids is 1.